The van der Waals surface area contributed by atoms with Gasteiger partial charge in [-0.15, -0.1) is 0 Å². The molecule has 1 N–H and O–H groups in total. The fourth-order valence-electron chi connectivity index (χ4n) is 1.15. The SMILES string of the molecule is CC(C)(C)OC(=O)N1[C@H](CO)COS1(=O)=O. The zero-order chi connectivity index (χ0) is 12.6. The fourth-order valence-corrected chi connectivity index (χ4v) is 2.30. The number of carbonyl (C=O) groups is 1. The Bertz CT molecular complexity index is 370. The molecular formula is C8H15NO6S. The average molecular weight is 253 g/mol. The number of amides is 1. The second kappa shape index (κ2) is 4.19. The van der Waals surface area contributed by atoms with E-state index in [1.165, 1.54) is 0 Å². The van der Waals surface area contributed by atoms with Gasteiger partial charge in [0.25, 0.3) is 0 Å². The number of hydrogen-bond donors (Lipinski definition) is 1. The standard InChI is InChI=1S/C8H15NO6S/c1-8(2,3)15-7(11)9-6(4-10)5-14-16(9,12)13/h6,10H,4-5H2,1-3H3/t6-/m1/s1. The zero-order valence-electron chi connectivity index (χ0n) is 9.34. The van der Waals surface area contributed by atoms with Crippen LogP contribution < -0.4 is 0 Å². The van der Waals surface area contributed by atoms with Gasteiger partial charge in [0.2, 0.25) is 0 Å². The Morgan fingerprint density at radius 3 is 2.56 bits per heavy atom. The lowest BCUT2D eigenvalue weighted by Gasteiger charge is -2.25. The molecule has 1 heterocycles. The first-order chi connectivity index (χ1) is 7.17. The van der Waals surface area contributed by atoms with Crippen molar-refractivity contribution in [1.29, 1.82) is 0 Å². The Labute approximate surface area is 94.2 Å². The fraction of sp³-hybridized carbons (Fsp3) is 0.875. The molecule has 0 saturated carbocycles. The average Bonchev–Trinajstić information content (AvgIpc) is 2.37. The molecular weight excluding hydrogens is 238 g/mol. The van der Waals surface area contributed by atoms with Gasteiger partial charge in [-0.3, -0.25) is 4.18 Å². The molecule has 0 unspecified atom stereocenters. The van der Waals surface area contributed by atoms with Crippen molar-refractivity contribution in [2.45, 2.75) is 32.4 Å². The Balaban J connectivity index is 2.88. The summed E-state index contributed by atoms with van der Waals surface area (Å²) in [6.45, 7) is 4.09. The van der Waals surface area contributed by atoms with Crippen LogP contribution >= 0.6 is 0 Å². The molecule has 1 fully saturated rings. The summed E-state index contributed by atoms with van der Waals surface area (Å²) in [4.78, 5) is 11.6. The highest BCUT2D eigenvalue weighted by molar-refractivity contribution is 7.85. The van der Waals surface area contributed by atoms with E-state index in [0.717, 1.165) is 0 Å². The first kappa shape index (κ1) is 13.2. The third kappa shape index (κ3) is 2.83. The number of rotatable bonds is 1. The smallest absolute Gasteiger partial charge is 0.426 e. The van der Waals surface area contributed by atoms with Crippen molar-refractivity contribution in [3.05, 3.63) is 0 Å². The maximum absolute atomic E-state index is 11.6. The van der Waals surface area contributed by atoms with Crippen LogP contribution in [-0.4, -0.2) is 48.8 Å². The summed E-state index contributed by atoms with van der Waals surface area (Å²) in [6, 6.07) is -0.917. The molecule has 1 rings (SSSR count). The molecule has 1 saturated heterocycles. The molecule has 0 bridgehead atoms. The largest absolute Gasteiger partial charge is 0.443 e. The quantitative estimate of drug-likeness (QED) is 0.699. The highest BCUT2D eigenvalue weighted by atomic mass is 32.2. The maximum Gasteiger partial charge on any atom is 0.426 e. The second-order valence-electron chi connectivity index (χ2n) is 4.35. The van der Waals surface area contributed by atoms with Gasteiger partial charge in [-0.1, -0.05) is 0 Å². The Kier molecular flexibility index (Phi) is 3.46. The summed E-state index contributed by atoms with van der Waals surface area (Å²) >= 11 is 0. The van der Waals surface area contributed by atoms with Crippen LogP contribution in [0.1, 0.15) is 20.8 Å². The van der Waals surface area contributed by atoms with Crippen LogP contribution in [0.15, 0.2) is 0 Å². The van der Waals surface area contributed by atoms with Crippen molar-refractivity contribution in [1.82, 2.24) is 4.31 Å². The van der Waals surface area contributed by atoms with Gasteiger partial charge in [-0.25, -0.2) is 4.79 Å². The molecule has 0 aromatic rings. The second-order valence-corrected chi connectivity index (χ2v) is 5.84. The summed E-state index contributed by atoms with van der Waals surface area (Å²) in [6.07, 6.45) is -1.04. The number of ether oxygens (including phenoxy) is 1. The number of carbonyl (C=O) groups excluding carboxylic acids is 1. The first-order valence-corrected chi connectivity index (χ1v) is 6.06. The molecule has 0 aliphatic carbocycles. The molecule has 0 spiro atoms. The topological polar surface area (TPSA) is 93.1 Å². The van der Waals surface area contributed by atoms with Crippen LogP contribution in [0.5, 0.6) is 0 Å². The van der Waals surface area contributed by atoms with Crippen molar-refractivity contribution in [3.63, 3.8) is 0 Å². The monoisotopic (exact) mass is 253 g/mol. The van der Waals surface area contributed by atoms with Crippen molar-refractivity contribution >= 4 is 16.4 Å². The Morgan fingerprint density at radius 1 is 1.56 bits per heavy atom. The third-order valence-electron chi connectivity index (χ3n) is 1.77. The number of hydrogen-bond acceptors (Lipinski definition) is 6. The molecule has 1 atom stereocenters. The molecule has 1 amide bonds. The van der Waals surface area contributed by atoms with E-state index in [0.29, 0.717) is 4.31 Å². The van der Waals surface area contributed by atoms with Gasteiger partial charge in [0, 0.05) is 0 Å². The molecule has 8 heteroatoms. The molecule has 1 aliphatic rings. The predicted octanol–water partition coefficient (Wildman–Crippen LogP) is -0.141. The molecule has 1 aliphatic heterocycles. The summed E-state index contributed by atoms with van der Waals surface area (Å²) in [5.74, 6) is 0. The van der Waals surface area contributed by atoms with Crippen LogP contribution in [-0.2, 0) is 19.2 Å². The summed E-state index contributed by atoms with van der Waals surface area (Å²) in [7, 11) is -4.12. The van der Waals surface area contributed by atoms with E-state index in [9.17, 15) is 13.2 Å². The molecule has 0 aromatic heterocycles. The zero-order valence-corrected chi connectivity index (χ0v) is 10.2. The molecule has 94 valence electrons. The maximum atomic E-state index is 11.6. The van der Waals surface area contributed by atoms with Gasteiger partial charge in [0.15, 0.2) is 0 Å². The summed E-state index contributed by atoms with van der Waals surface area (Å²) in [5.41, 5.74) is -0.810. The van der Waals surface area contributed by atoms with Crippen molar-refractivity contribution in [3.8, 4) is 0 Å². The first-order valence-electron chi connectivity index (χ1n) is 4.70. The Morgan fingerprint density at radius 2 is 2.12 bits per heavy atom. The van der Waals surface area contributed by atoms with E-state index in [1.54, 1.807) is 20.8 Å². The highest BCUT2D eigenvalue weighted by Gasteiger charge is 2.44. The van der Waals surface area contributed by atoms with Crippen molar-refractivity contribution in [2.24, 2.45) is 0 Å². The minimum atomic E-state index is -4.12. The minimum absolute atomic E-state index is 0.252. The van der Waals surface area contributed by atoms with Crippen molar-refractivity contribution < 1.29 is 27.2 Å². The van der Waals surface area contributed by atoms with Crippen LogP contribution in [0.4, 0.5) is 4.79 Å². The molecule has 0 radical (unpaired) electrons. The van der Waals surface area contributed by atoms with E-state index < -0.39 is 34.6 Å². The van der Waals surface area contributed by atoms with Crippen LogP contribution in [0.25, 0.3) is 0 Å². The van der Waals surface area contributed by atoms with Gasteiger partial charge in [-0.05, 0) is 20.8 Å². The van der Waals surface area contributed by atoms with Gasteiger partial charge in [-0.2, -0.15) is 12.7 Å². The molecule has 0 aromatic carbocycles. The normalized spacial score (nSPS) is 24.5. The van der Waals surface area contributed by atoms with Gasteiger partial charge >= 0.3 is 16.4 Å². The number of nitrogens with zero attached hydrogens (tertiary/aromatic N) is 1. The van der Waals surface area contributed by atoms with Crippen LogP contribution in [0.2, 0.25) is 0 Å². The van der Waals surface area contributed by atoms with E-state index >= 15 is 0 Å². The van der Waals surface area contributed by atoms with Crippen molar-refractivity contribution in [2.75, 3.05) is 13.2 Å². The third-order valence-corrected chi connectivity index (χ3v) is 3.13. The van der Waals surface area contributed by atoms with E-state index in [-0.39, 0.29) is 6.61 Å². The lowest BCUT2D eigenvalue weighted by Crippen LogP contribution is -2.44. The lowest BCUT2D eigenvalue weighted by molar-refractivity contribution is 0.0318. The Hall–Kier alpha value is -0.860. The molecule has 7 nitrogen and oxygen atoms in total. The predicted molar refractivity (Wildman–Crippen MR) is 53.8 cm³/mol. The van der Waals surface area contributed by atoms with E-state index in [2.05, 4.69) is 4.18 Å². The van der Waals surface area contributed by atoms with Gasteiger partial charge < -0.3 is 9.84 Å². The van der Waals surface area contributed by atoms with Crippen LogP contribution in [0.3, 0.4) is 0 Å². The summed E-state index contributed by atoms with van der Waals surface area (Å²) in [5, 5.41) is 8.92. The van der Waals surface area contributed by atoms with Gasteiger partial charge in [0.1, 0.15) is 11.6 Å². The summed E-state index contributed by atoms with van der Waals surface area (Å²) < 4.78 is 32.5. The van der Waals surface area contributed by atoms with Gasteiger partial charge in [0.05, 0.1) is 13.2 Å². The lowest BCUT2D eigenvalue weighted by atomic mass is 10.2. The highest BCUT2D eigenvalue weighted by Crippen LogP contribution is 2.21. The minimum Gasteiger partial charge on any atom is -0.443 e. The number of aliphatic hydroxyl groups excluding tert-OH is 1. The van der Waals surface area contributed by atoms with Crippen LogP contribution in [0, 0.1) is 0 Å². The number of aliphatic hydroxyl groups is 1. The molecule has 16 heavy (non-hydrogen) atoms. The van der Waals surface area contributed by atoms with E-state index in [4.69, 9.17) is 9.84 Å². The van der Waals surface area contributed by atoms with E-state index in [1.807, 2.05) is 0 Å².